The van der Waals surface area contributed by atoms with Crippen molar-refractivity contribution in [3.8, 4) is 6.07 Å². The molecule has 0 amide bonds. The highest BCUT2D eigenvalue weighted by Gasteiger charge is 2.32. The molecule has 1 saturated heterocycles. The SMILES string of the molecule is CC1CN(c2ccc(C(F)(F)F)cc2C#N)CC(CO)O1. The van der Waals surface area contributed by atoms with Crippen molar-refractivity contribution in [2.75, 3.05) is 24.6 Å². The van der Waals surface area contributed by atoms with Gasteiger partial charge in [-0.25, -0.2) is 0 Å². The number of nitrogens with zero attached hydrogens (tertiary/aromatic N) is 2. The summed E-state index contributed by atoms with van der Waals surface area (Å²) in [6.07, 6.45) is -5.07. The van der Waals surface area contributed by atoms with E-state index in [0.29, 0.717) is 18.8 Å². The maximum Gasteiger partial charge on any atom is 0.416 e. The van der Waals surface area contributed by atoms with Crippen LogP contribution in [0.15, 0.2) is 18.2 Å². The number of morpholine rings is 1. The van der Waals surface area contributed by atoms with Crippen molar-refractivity contribution in [2.45, 2.75) is 25.3 Å². The van der Waals surface area contributed by atoms with Crippen molar-refractivity contribution >= 4 is 5.69 Å². The third-order valence-electron chi connectivity index (χ3n) is 3.31. The van der Waals surface area contributed by atoms with Gasteiger partial charge in [-0.15, -0.1) is 0 Å². The first kappa shape index (κ1) is 15.6. The molecule has 0 aliphatic carbocycles. The Balaban J connectivity index is 2.33. The molecule has 114 valence electrons. The highest BCUT2D eigenvalue weighted by molar-refractivity contribution is 5.61. The smallest absolute Gasteiger partial charge is 0.394 e. The third kappa shape index (κ3) is 3.46. The van der Waals surface area contributed by atoms with Crippen LogP contribution in [-0.4, -0.2) is 37.0 Å². The molecule has 0 aromatic heterocycles. The van der Waals surface area contributed by atoms with Crippen LogP contribution in [0.25, 0.3) is 0 Å². The molecule has 4 nitrogen and oxygen atoms in total. The number of rotatable bonds is 2. The van der Waals surface area contributed by atoms with E-state index in [0.717, 1.165) is 12.1 Å². The zero-order valence-electron chi connectivity index (χ0n) is 11.4. The molecule has 0 bridgehead atoms. The largest absolute Gasteiger partial charge is 0.416 e. The van der Waals surface area contributed by atoms with Crippen LogP contribution in [0, 0.1) is 11.3 Å². The standard InChI is InChI=1S/C14H15F3N2O2/c1-9-6-19(7-12(8-20)21-9)13-3-2-11(14(15,16)17)4-10(13)5-18/h2-4,9,12,20H,6-8H2,1H3. The van der Waals surface area contributed by atoms with Crippen molar-refractivity contribution in [1.29, 1.82) is 5.26 Å². The number of ether oxygens (including phenoxy) is 1. The van der Waals surface area contributed by atoms with E-state index in [9.17, 15) is 18.3 Å². The fourth-order valence-electron chi connectivity index (χ4n) is 2.42. The quantitative estimate of drug-likeness (QED) is 0.909. The minimum absolute atomic E-state index is 0.0318. The lowest BCUT2D eigenvalue weighted by atomic mass is 10.1. The molecule has 1 aromatic rings. The van der Waals surface area contributed by atoms with Gasteiger partial charge in [0.1, 0.15) is 6.07 Å². The molecule has 7 heteroatoms. The van der Waals surface area contributed by atoms with Crippen LogP contribution in [0.4, 0.5) is 18.9 Å². The molecule has 1 aliphatic rings. The summed E-state index contributed by atoms with van der Waals surface area (Å²) in [6.45, 7) is 2.42. The average molecular weight is 300 g/mol. The van der Waals surface area contributed by atoms with E-state index in [1.54, 1.807) is 4.90 Å². The predicted octanol–water partition coefficient (Wildman–Crippen LogP) is 2.16. The van der Waals surface area contributed by atoms with Gasteiger partial charge in [0, 0.05) is 13.1 Å². The molecule has 1 N–H and O–H groups in total. The molecule has 2 atom stereocenters. The van der Waals surface area contributed by atoms with Gasteiger partial charge in [0.2, 0.25) is 0 Å². The Morgan fingerprint density at radius 3 is 2.71 bits per heavy atom. The van der Waals surface area contributed by atoms with Gasteiger partial charge in [-0.2, -0.15) is 18.4 Å². The van der Waals surface area contributed by atoms with E-state index >= 15 is 0 Å². The first-order chi connectivity index (χ1) is 9.85. The summed E-state index contributed by atoms with van der Waals surface area (Å²) < 4.78 is 43.5. The molecule has 1 aliphatic heterocycles. The van der Waals surface area contributed by atoms with Gasteiger partial charge in [-0.1, -0.05) is 0 Å². The molecule has 1 aromatic carbocycles. The second-order valence-corrected chi connectivity index (χ2v) is 5.00. The van der Waals surface area contributed by atoms with E-state index in [2.05, 4.69) is 0 Å². The first-order valence-corrected chi connectivity index (χ1v) is 6.47. The first-order valence-electron chi connectivity index (χ1n) is 6.47. The highest BCUT2D eigenvalue weighted by Crippen LogP contribution is 2.33. The lowest BCUT2D eigenvalue weighted by molar-refractivity contribution is -0.137. The maximum absolute atomic E-state index is 12.7. The van der Waals surface area contributed by atoms with Gasteiger partial charge in [0.15, 0.2) is 0 Å². The Morgan fingerprint density at radius 1 is 1.43 bits per heavy atom. The number of halogens is 3. The van der Waals surface area contributed by atoms with E-state index < -0.39 is 17.8 Å². The van der Waals surface area contributed by atoms with Crippen LogP contribution in [0.5, 0.6) is 0 Å². The Bertz CT molecular complexity index is 554. The zero-order chi connectivity index (χ0) is 15.6. The molecule has 2 rings (SSSR count). The monoisotopic (exact) mass is 300 g/mol. The van der Waals surface area contributed by atoms with Crippen LogP contribution in [0.3, 0.4) is 0 Å². The Hall–Kier alpha value is -1.78. The Labute approximate surface area is 120 Å². The molecule has 1 fully saturated rings. The van der Waals surface area contributed by atoms with Gasteiger partial charge >= 0.3 is 6.18 Å². The summed E-state index contributed by atoms with van der Waals surface area (Å²) in [6, 6.07) is 4.92. The molecular formula is C14H15F3N2O2. The van der Waals surface area contributed by atoms with Gasteiger partial charge in [0.25, 0.3) is 0 Å². The van der Waals surface area contributed by atoms with Crippen molar-refractivity contribution in [3.05, 3.63) is 29.3 Å². The molecule has 0 radical (unpaired) electrons. The fourth-order valence-corrected chi connectivity index (χ4v) is 2.42. The summed E-state index contributed by atoms with van der Waals surface area (Å²) in [5, 5.41) is 18.3. The van der Waals surface area contributed by atoms with Gasteiger partial charge in [-0.05, 0) is 25.1 Å². The van der Waals surface area contributed by atoms with E-state index in [-0.39, 0.29) is 18.3 Å². The number of aliphatic hydroxyl groups is 1. The van der Waals surface area contributed by atoms with E-state index in [1.165, 1.54) is 6.07 Å². The normalized spacial score (nSPS) is 23.0. The number of alkyl halides is 3. The minimum atomic E-state index is -4.48. The lowest BCUT2D eigenvalue weighted by Crippen LogP contribution is -2.48. The van der Waals surface area contributed by atoms with Crippen LogP contribution in [-0.2, 0) is 10.9 Å². The predicted molar refractivity (Wildman–Crippen MR) is 69.8 cm³/mol. The van der Waals surface area contributed by atoms with Gasteiger partial charge in [-0.3, -0.25) is 0 Å². The number of benzene rings is 1. The van der Waals surface area contributed by atoms with Crippen LogP contribution >= 0.6 is 0 Å². The Kier molecular flexibility index (Phi) is 4.40. The maximum atomic E-state index is 12.7. The second kappa shape index (κ2) is 5.92. The number of hydrogen-bond acceptors (Lipinski definition) is 4. The third-order valence-corrected chi connectivity index (χ3v) is 3.31. The van der Waals surface area contributed by atoms with Crippen molar-refractivity contribution in [1.82, 2.24) is 0 Å². The summed E-state index contributed by atoms with van der Waals surface area (Å²) in [7, 11) is 0. The highest BCUT2D eigenvalue weighted by atomic mass is 19.4. The van der Waals surface area contributed by atoms with Gasteiger partial charge in [0.05, 0.1) is 35.6 Å². The summed E-state index contributed by atoms with van der Waals surface area (Å²) in [4.78, 5) is 1.77. The average Bonchev–Trinajstić information content (AvgIpc) is 2.44. The minimum Gasteiger partial charge on any atom is -0.394 e. The molecular weight excluding hydrogens is 285 g/mol. The fraction of sp³-hybridized carbons (Fsp3) is 0.500. The lowest BCUT2D eigenvalue weighted by Gasteiger charge is -2.38. The van der Waals surface area contributed by atoms with Crippen molar-refractivity contribution in [3.63, 3.8) is 0 Å². The topological polar surface area (TPSA) is 56.5 Å². The second-order valence-electron chi connectivity index (χ2n) is 5.00. The number of anilines is 1. The summed E-state index contributed by atoms with van der Waals surface area (Å²) >= 11 is 0. The van der Waals surface area contributed by atoms with Gasteiger partial charge < -0.3 is 14.7 Å². The summed E-state index contributed by atoms with van der Waals surface area (Å²) in [5.74, 6) is 0. The van der Waals surface area contributed by atoms with E-state index in [4.69, 9.17) is 10.00 Å². The van der Waals surface area contributed by atoms with Crippen molar-refractivity contribution in [2.24, 2.45) is 0 Å². The molecule has 2 unspecified atom stereocenters. The van der Waals surface area contributed by atoms with E-state index in [1.807, 2.05) is 13.0 Å². The van der Waals surface area contributed by atoms with Crippen LogP contribution in [0.1, 0.15) is 18.1 Å². The molecule has 0 spiro atoms. The Morgan fingerprint density at radius 2 is 2.14 bits per heavy atom. The molecule has 1 heterocycles. The van der Waals surface area contributed by atoms with Crippen LogP contribution in [0.2, 0.25) is 0 Å². The van der Waals surface area contributed by atoms with Crippen LogP contribution < -0.4 is 4.90 Å². The molecule has 21 heavy (non-hydrogen) atoms. The van der Waals surface area contributed by atoms with Crippen molar-refractivity contribution < 1.29 is 23.0 Å². The summed E-state index contributed by atoms with van der Waals surface area (Å²) in [5.41, 5.74) is -0.447. The number of aliphatic hydroxyl groups excluding tert-OH is 1. The zero-order valence-corrected chi connectivity index (χ0v) is 11.4. The molecule has 0 saturated carbocycles. The number of nitriles is 1. The number of hydrogen-bond donors (Lipinski definition) is 1.